The summed E-state index contributed by atoms with van der Waals surface area (Å²) < 4.78 is 11.2. The summed E-state index contributed by atoms with van der Waals surface area (Å²) in [4.78, 5) is 59.6. The van der Waals surface area contributed by atoms with Crippen LogP contribution in [0.3, 0.4) is 0 Å². The molecule has 0 unspecified atom stereocenters. The quantitative estimate of drug-likeness (QED) is 0.0661. The first-order valence-electron chi connectivity index (χ1n) is 25.5. The van der Waals surface area contributed by atoms with E-state index in [-0.39, 0.29) is 46.9 Å². The number of hydrogen-bond donors (Lipinski definition) is 4. The largest absolute Gasteiger partial charge is 0.508 e. The Morgan fingerprint density at radius 1 is 0.620 bits per heavy atom. The number of ketones is 2. The lowest BCUT2D eigenvalue weighted by atomic mass is 10.0. The second-order valence-corrected chi connectivity index (χ2v) is 20.8. The number of nitrogens with one attached hydrogen (secondary N) is 1. The number of hydrogen-bond acceptors (Lipinski definition) is 15. The first-order valence-corrected chi connectivity index (χ1v) is 26.6. The smallest absolute Gasteiger partial charge is 0.410 e. The van der Waals surface area contributed by atoms with Crippen molar-refractivity contribution >= 4 is 97.0 Å². The number of benzene rings is 4. The van der Waals surface area contributed by atoms with Crippen LogP contribution in [-0.4, -0.2) is 106 Å². The van der Waals surface area contributed by atoms with Gasteiger partial charge in [-0.15, -0.1) is 0 Å². The van der Waals surface area contributed by atoms with Gasteiger partial charge in [-0.25, -0.2) is 24.7 Å². The Balaban J connectivity index is 0.000000179. The third-order valence-corrected chi connectivity index (χ3v) is 13.9. The lowest BCUT2D eigenvalue weighted by molar-refractivity contribution is 0.0240. The number of Topliss-reactive ketones (excluding diaryl/α,β-unsaturated/α-hetero) is 2. The maximum absolute atomic E-state index is 12.8. The van der Waals surface area contributed by atoms with Gasteiger partial charge in [0.25, 0.3) is 0 Å². The minimum absolute atomic E-state index is 0. The number of anilines is 4. The fraction of sp³-hybridized carbons (Fsp3) is 0.283. The van der Waals surface area contributed by atoms with Crippen molar-refractivity contribution in [1.29, 1.82) is 0 Å². The number of fused-ring (bicyclic) bond motifs is 2. The van der Waals surface area contributed by atoms with Crippen molar-refractivity contribution in [2.24, 2.45) is 0 Å². The molecule has 2 saturated heterocycles. The second kappa shape index (κ2) is 27.2. The fourth-order valence-electron chi connectivity index (χ4n) is 8.74. The van der Waals surface area contributed by atoms with Crippen molar-refractivity contribution in [2.75, 3.05) is 73.6 Å². The van der Waals surface area contributed by atoms with Gasteiger partial charge in [-0.3, -0.25) is 9.59 Å². The van der Waals surface area contributed by atoms with E-state index >= 15 is 0 Å². The van der Waals surface area contributed by atoms with Gasteiger partial charge in [-0.05, 0) is 128 Å². The molecule has 79 heavy (non-hydrogen) atoms. The molecular weight excluding hydrogens is 1060 g/mol. The van der Waals surface area contributed by atoms with Crippen LogP contribution in [0, 0.1) is 0 Å². The summed E-state index contributed by atoms with van der Waals surface area (Å²) in [5.41, 5.74) is 16.6. The molecule has 4 aromatic carbocycles. The fourth-order valence-corrected chi connectivity index (χ4v) is 9.22. The van der Waals surface area contributed by atoms with Crippen molar-refractivity contribution in [1.82, 2.24) is 30.2 Å². The molecule has 8 aromatic rings. The van der Waals surface area contributed by atoms with Gasteiger partial charge in [0.2, 0.25) is 5.88 Å². The van der Waals surface area contributed by atoms with Crippen LogP contribution in [0.25, 0.3) is 21.5 Å². The van der Waals surface area contributed by atoms with Crippen LogP contribution in [0.5, 0.6) is 17.4 Å². The van der Waals surface area contributed by atoms with E-state index in [0.29, 0.717) is 72.3 Å². The number of rotatable bonds is 12. The van der Waals surface area contributed by atoms with Gasteiger partial charge in [0, 0.05) is 123 Å². The summed E-state index contributed by atoms with van der Waals surface area (Å²) in [5, 5.41) is 17.3. The van der Waals surface area contributed by atoms with Crippen LogP contribution < -0.4 is 31.3 Å². The number of nitrogens with two attached hydrogens (primary N) is 2. The predicted molar refractivity (Wildman–Crippen MR) is 318 cm³/mol. The zero-order chi connectivity index (χ0) is 55.3. The monoisotopic (exact) mass is 1130 g/mol. The van der Waals surface area contributed by atoms with Crippen LogP contribution in [0.2, 0.25) is 15.2 Å². The first kappa shape index (κ1) is 58.9. The number of nitrogen functional groups attached to an aromatic ring is 2. The van der Waals surface area contributed by atoms with Crippen molar-refractivity contribution in [2.45, 2.75) is 59.5 Å². The SMILES string of the molecule is C.CC(C)(C)OC(=O)N1CCN(c2ccc(O)cc2)CC1.Nc1nccc2cc(CCC(=O)c3cnc(Cl)c(Cl)c3)ccc12.Nc1nccc2cc(CCC(=O)c3cnc(Oc4ccc(N5CCNCC5)cc4)c(Cl)c3)ccc12. The van der Waals surface area contributed by atoms with Gasteiger partial charge in [0.05, 0.1) is 5.02 Å². The number of nitrogens with zero attached hydrogens (tertiary/aromatic N) is 7. The predicted octanol–water partition coefficient (Wildman–Crippen LogP) is 12.3. The molecule has 0 bridgehead atoms. The van der Waals surface area contributed by atoms with Gasteiger partial charge < -0.3 is 46.1 Å². The molecule has 0 atom stereocenters. The standard InChI is InChI=1S/C27H26ClN5O2.C17H13Cl2N3O.C15H22N2O3.CH4/c28-24-16-20(25(34)8-2-18-1-7-23-19(15-18)9-10-31-26(23)29)17-32-27(24)35-22-5-3-21(4-6-22)33-13-11-30-12-14-33;18-14-8-12(9-22-16(14)19)15(23)4-2-10-1-3-13-11(7-10)5-6-21-17(13)20;1-15(2,3)20-14(19)17-10-8-16(9-11-17)12-4-6-13(18)7-5-12;/h1,3-7,9-10,15-17,30H,2,8,11-14H2,(H2,29,31);1,3,5-9H,2,4H2,(H2,20,21);4-7,18H,8-11H2,1-3H3;1H4. The Hall–Kier alpha value is -7.76. The number of pyridine rings is 4. The highest BCUT2D eigenvalue weighted by Crippen LogP contribution is 2.31. The molecule has 19 heteroatoms. The average Bonchev–Trinajstić information content (AvgIpc) is 3.44. The molecule has 0 aliphatic carbocycles. The third-order valence-electron chi connectivity index (χ3n) is 12.9. The Kier molecular flexibility index (Phi) is 20.3. The number of phenolic OH excluding ortho intramolecular Hbond substituents is 1. The molecule has 2 fully saturated rings. The molecule has 16 nitrogen and oxygen atoms in total. The lowest BCUT2D eigenvalue weighted by Crippen LogP contribution is -2.50. The Morgan fingerprint density at radius 3 is 1.62 bits per heavy atom. The van der Waals surface area contributed by atoms with Gasteiger partial charge >= 0.3 is 6.09 Å². The topological polar surface area (TPSA) is 215 Å². The van der Waals surface area contributed by atoms with E-state index in [9.17, 15) is 19.5 Å². The molecule has 2 aliphatic rings. The van der Waals surface area contributed by atoms with Crippen LogP contribution in [-0.2, 0) is 17.6 Å². The van der Waals surface area contributed by atoms with Crippen molar-refractivity contribution in [3.8, 4) is 17.4 Å². The Morgan fingerprint density at radius 2 is 1.11 bits per heavy atom. The molecular formula is C60H65Cl3N10O6. The summed E-state index contributed by atoms with van der Waals surface area (Å²) in [6, 6.07) is 33.8. The van der Waals surface area contributed by atoms with E-state index in [1.165, 1.54) is 12.4 Å². The van der Waals surface area contributed by atoms with E-state index in [1.54, 1.807) is 41.6 Å². The highest BCUT2D eigenvalue weighted by atomic mass is 35.5. The van der Waals surface area contributed by atoms with Crippen LogP contribution in [0.15, 0.2) is 134 Å². The molecule has 6 N–H and O–H groups in total. The maximum atomic E-state index is 12.8. The van der Waals surface area contributed by atoms with E-state index in [4.69, 9.17) is 55.7 Å². The summed E-state index contributed by atoms with van der Waals surface area (Å²) >= 11 is 18.0. The molecule has 0 spiro atoms. The van der Waals surface area contributed by atoms with Crippen LogP contribution in [0.4, 0.5) is 27.8 Å². The number of carbonyl (C=O) groups excluding carboxylic acids is 3. The number of aryl methyl sites for hydroxylation is 2. The maximum Gasteiger partial charge on any atom is 0.410 e. The zero-order valence-corrected chi connectivity index (χ0v) is 45.9. The second-order valence-electron chi connectivity index (χ2n) is 19.7. The molecule has 0 radical (unpaired) electrons. The summed E-state index contributed by atoms with van der Waals surface area (Å²) in [6.07, 6.45) is 8.02. The number of ether oxygens (including phenoxy) is 2. The number of phenols is 1. The van der Waals surface area contributed by atoms with E-state index < -0.39 is 5.60 Å². The molecule has 412 valence electrons. The molecule has 0 saturated carbocycles. The number of amides is 1. The summed E-state index contributed by atoms with van der Waals surface area (Å²) in [6.45, 7) is 12.4. The zero-order valence-electron chi connectivity index (χ0n) is 43.6. The average molecular weight is 1130 g/mol. The van der Waals surface area contributed by atoms with Gasteiger partial charge in [-0.1, -0.05) is 78.6 Å². The minimum atomic E-state index is -0.453. The van der Waals surface area contributed by atoms with E-state index in [2.05, 4.69) is 35.1 Å². The highest BCUT2D eigenvalue weighted by Gasteiger charge is 2.26. The molecule has 10 rings (SSSR count). The van der Waals surface area contributed by atoms with E-state index in [0.717, 1.165) is 83.3 Å². The molecule has 2 aliphatic heterocycles. The number of piperazine rings is 2. The van der Waals surface area contributed by atoms with E-state index in [1.807, 2.05) is 106 Å². The Labute approximate surface area is 475 Å². The number of aromatic nitrogens is 4. The molecule has 6 heterocycles. The van der Waals surface area contributed by atoms with Crippen molar-refractivity contribution < 1.29 is 29.0 Å². The Bertz CT molecular complexity index is 3390. The number of aromatic hydroxyl groups is 1. The third kappa shape index (κ3) is 16.4. The van der Waals surface area contributed by atoms with Crippen LogP contribution >= 0.6 is 34.8 Å². The number of carbonyl (C=O) groups is 3. The number of halogens is 3. The highest BCUT2D eigenvalue weighted by molar-refractivity contribution is 6.41. The van der Waals surface area contributed by atoms with Gasteiger partial charge in [0.1, 0.15) is 38.9 Å². The van der Waals surface area contributed by atoms with Crippen molar-refractivity contribution in [3.05, 3.63) is 171 Å². The normalized spacial score (nSPS) is 13.3. The molecule has 1 amide bonds. The minimum Gasteiger partial charge on any atom is -0.508 e. The summed E-state index contributed by atoms with van der Waals surface area (Å²) in [5.74, 6) is 2.14. The lowest BCUT2D eigenvalue weighted by Gasteiger charge is -2.36. The van der Waals surface area contributed by atoms with Gasteiger partial charge in [-0.2, -0.15) is 0 Å². The first-order chi connectivity index (χ1) is 37.5. The molecule has 4 aromatic heterocycles. The van der Waals surface area contributed by atoms with Gasteiger partial charge in [0.15, 0.2) is 11.6 Å². The van der Waals surface area contributed by atoms with Crippen molar-refractivity contribution in [3.63, 3.8) is 0 Å². The summed E-state index contributed by atoms with van der Waals surface area (Å²) in [7, 11) is 0. The van der Waals surface area contributed by atoms with Crippen LogP contribution in [0.1, 0.15) is 72.9 Å².